The Hall–Kier alpha value is -3.68. The van der Waals surface area contributed by atoms with Gasteiger partial charge in [0.05, 0.1) is 36.8 Å². The van der Waals surface area contributed by atoms with E-state index in [9.17, 15) is 10.1 Å². The minimum absolute atomic E-state index is 0.174. The fourth-order valence-corrected chi connectivity index (χ4v) is 6.64. The summed E-state index contributed by atoms with van der Waals surface area (Å²) in [4.78, 5) is 36.3. The van der Waals surface area contributed by atoms with E-state index in [2.05, 4.69) is 31.3 Å². The number of carbonyl (C=O) groups is 1. The lowest BCUT2D eigenvalue weighted by Crippen LogP contribution is -2.16. The van der Waals surface area contributed by atoms with Crippen molar-refractivity contribution in [3.8, 4) is 22.9 Å². The number of nitrogens with zero attached hydrogens (tertiary/aromatic N) is 6. The van der Waals surface area contributed by atoms with E-state index in [1.807, 2.05) is 13.0 Å². The minimum Gasteiger partial charge on any atom is -0.494 e. The number of rotatable bonds is 5. The zero-order valence-corrected chi connectivity index (χ0v) is 21.7. The number of fused-ring (bicyclic) bond motifs is 3. The Morgan fingerprint density at radius 3 is 2.73 bits per heavy atom. The van der Waals surface area contributed by atoms with Crippen LogP contribution in [0.25, 0.3) is 21.6 Å². The summed E-state index contributed by atoms with van der Waals surface area (Å²) in [6.45, 7) is 1.85. The molecule has 4 aromatic heterocycles. The monoisotopic (exact) mass is 531 g/mol. The predicted octanol–water partition coefficient (Wildman–Crippen LogP) is 5.42. The third kappa shape index (κ3) is 4.28. The molecule has 4 aromatic rings. The number of nitriles is 1. The maximum atomic E-state index is 13.4. The van der Waals surface area contributed by atoms with Crippen LogP contribution in [0, 0.1) is 36.0 Å². The van der Waals surface area contributed by atoms with Gasteiger partial charge in [0.1, 0.15) is 10.9 Å². The molecular formula is C26H22ClN7O2S. The molecule has 0 aliphatic heterocycles. The maximum absolute atomic E-state index is 13.4. The Morgan fingerprint density at radius 1 is 1.11 bits per heavy atom. The molecule has 9 nitrogen and oxygen atoms in total. The van der Waals surface area contributed by atoms with Gasteiger partial charge in [-0.3, -0.25) is 15.1 Å². The van der Waals surface area contributed by atoms with Crippen molar-refractivity contribution in [3.05, 3.63) is 52.8 Å². The summed E-state index contributed by atoms with van der Waals surface area (Å²) in [7, 11) is 1.54. The van der Waals surface area contributed by atoms with Gasteiger partial charge in [0, 0.05) is 34.9 Å². The fraction of sp³-hybridized carbons (Fsp3) is 0.346. The van der Waals surface area contributed by atoms with Crippen molar-refractivity contribution >= 4 is 44.5 Å². The number of hydrogen-bond donors (Lipinski definition) is 1. The van der Waals surface area contributed by atoms with Crippen molar-refractivity contribution in [1.29, 1.82) is 5.26 Å². The van der Waals surface area contributed by atoms with Crippen molar-refractivity contribution in [2.45, 2.75) is 32.1 Å². The van der Waals surface area contributed by atoms with Gasteiger partial charge >= 0.3 is 0 Å². The zero-order valence-electron chi connectivity index (χ0n) is 20.1. The van der Waals surface area contributed by atoms with Crippen molar-refractivity contribution in [2.24, 2.45) is 17.8 Å². The van der Waals surface area contributed by atoms with Gasteiger partial charge in [-0.15, -0.1) is 0 Å². The number of halogens is 1. The number of aryl methyl sites for hydroxylation is 1. The van der Waals surface area contributed by atoms with Crippen LogP contribution in [0.1, 0.15) is 46.9 Å². The van der Waals surface area contributed by atoms with E-state index in [4.69, 9.17) is 21.3 Å². The standard InChI is InChI=1S/C26H22ClN7O2S/c1-12-3-17(18-7-22(27)30-11-21(18)36-2)19(9-29-12)24(35)34-26-33-23-25(37-26)32-20(10-31-23)16-6-13-4-14(16)5-15(13)8-28/h3,7,9-11,13-16H,4-6H2,1-2H3,(H,31,33,34,35). The van der Waals surface area contributed by atoms with Gasteiger partial charge < -0.3 is 4.74 Å². The second kappa shape index (κ2) is 9.32. The molecular weight excluding hydrogens is 510 g/mol. The molecule has 0 spiro atoms. The normalized spacial score (nSPS) is 22.2. The quantitative estimate of drug-likeness (QED) is 0.338. The highest BCUT2D eigenvalue weighted by atomic mass is 35.5. The lowest BCUT2D eigenvalue weighted by molar-refractivity contribution is 0.102. The Labute approximate surface area is 221 Å². The molecule has 4 atom stereocenters. The van der Waals surface area contributed by atoms with E-state index in [0.29, 0.717) is 55.8 Å². The number of hydrogen-bond acceptors (Lipinski definition) is 9. The molecule has 2 saturated carbocycles. The molecule has 2 aliphatic rings. The third-order valence-electron chi connectivity index (χ3n) is 7.39. The molecule has 1 N–H and O–H groups in total. The topological polar surface area (TPSA) is 127 Å². The molecule has 1 amide bonds. The number of amides is 1. The minimum atomic E-state index is -0.368. The highest BCUT2D eigenvalue weighted by Gasteiger charge is 2.47. The van der Waals surface area contributed by atoms with Gasteiger partial charge in [-0.05, 0) is 50.2 Å². The highest BCUT2D eigenvalue weighted by molar-refractivity contribution is 7.21. The third-order valence-corrected chi connectivity index (χ3v) is 8.45. The van der Waals surface area contributed by atoms with Crippen LogP contribution in [0.2, 0.25) is 5.15 Å². The van der Waals surface area contributed by atoms with Crippen LogP contribution in [-0.2, 0) is 0 Å². The smallest absolute Gasteiger partial charge is 0.259 e. The number of pyridine rings is 2. The Kier molecular flexibility index (Phi) is 5.97. The molecule has 4 unspecified atom stereocenters. The molecule has 2 aliphatic carbocycles. The molecule has 6 rings (SSSR count). The van der Waals surface area contributed by atoms with Crippen molar-refractivity contribution in [1.82, 2.24) is 24.9 Å². The molecule has 0 saturated heterocycles. The van der Waals surface area contributed by atoms with Crippen LogP contribution in [-0.4, -0.2) is 37.9 Å². The Morgan fingerprint density at radius 2 is 1.97 bits per heavy atom. The lowest BCUT2D eigenvalue weighted by Gasteiger charge is -2.23. The fourth-order valence-electron chi connectivity index (χ4n) is 5.68. The van der Waals surface area contributed by atoms with Gasteiger partial charge in [0.2, 0.25) is 0 Å². The first-order valence-corrected chi connectivity index (χ1v) is 13.1. The van der Waals surface area contributed by atoms with Crippen LogP contribution in [0.15, 0.2) is 30.7 Å². The molecule has 37 heavy (non-hydrogen) atoms. The summed E-state index contributed by atoms with van der Waals surface area (Å²) in [5.74, 6) is 1.57. The number of aromatic nitrogens is 5. The van der Waals surface area contributed by atoms with Crippen molar-refractivity contribution in [2.75, 3.05) is 12.4 Å². The van der Waals surface area contributed by atoms with Crippen molar-refractivity contribution in [3.63, 3.8) is 0 Å². The van der Waals surface area contributed by atoms with Crippen LogP contribution in [0.5, 0.6) is 5.75 Å². The lowest BCUT2D eigenvalue weighted by atomic mass is 9.81. The SMILES string of the molecule is COc1cnc(Cl)cc1-c1cc(C)ncc1C(=O)Nc1nc2ncc(C3CC4CC3CC4C#N)nc2s1. The van der Waals surface area contributed by atoms with E-state index in [-0.39, 0.29) is 17.0 Å². The van der Waals surface area contributed by atoms with E-state index >= 15 is 0 Å². The number of carbonyl (C=O) groups excluding carboxylic acids is 1. The summed E-state index contributed by atoms with van der Waals surface area (Å²) in [5.41, 5.74) is 3.79. The van der Waals surface area contributed by atoms with E-state index < -0.39 is 0 Å². The predicted molar refractivity (Wildman–Crippen MR) is 140 cm³/mol. The number of anilines is 1. The summed E-state index contributed by atoms with van der Waals surface area (Å²) in [6.07, 6.45) is 7.86. The highest BCUT2D eigenvalue weighted by Crippen LogP contribution is 2.55. The summed E-state index contributed by atoms with van der Waals surface area (Å²) in [6, 6.07) is 5.92. The average Bonchev–Trinajstić information content (AvgIpc) is 3.61. The maximum Gasteiger partial charge on any atom is 0.259 e. The first kappa shape index (κ1) is 23.7. The molecule has 0 radical (unpaired) electrons. The summed E-state index contributed by atoms with van der Waals surface area (Å²) < 4.78 is 5.46. The number of nitrogens with one attached hydrogen (secondary N) is 1. The first-order valence-electron chi connectivity index (χ1n) is 11.9. The molecule has 186 valence electrons. The van der Waals surface area contributed by atoms with Gasteiger partial charge in [0.15, 0.2) is 15.6 Å². The average molecular weight is 532 g/mol. The number of methoxy groups -OCH3 is 1. The van der Waals surface area contributed by atoms with E-state index in [1.165, 1.54) is 30.8 Å². The number of thiazole rings is 1. The molecule has 2 bridgehead atoms. The Bertz CT molecular complexity index is 1580. The summed E-state index contributed by atoms with van der Waals surface area (Å²) in [5, 5.41) is 12.9. The second-order valence-electron chi connectivity index (χ2n) is 9.54. The second-order valence-corrected chi connectivity index (χ2v) is 10.9. The van der Waals surface area contributed by atoms with E-state index in [0.717, 1.165) is 30.7 Å². The van der Waals surface area contributed by atoms with Crippen molar-refractivity contribution < 1.29 is 9.53 Å². The van der Waals surface area contributed by atoms with Crippen LogP contribution >= 0.6 is 22.9 Å². The van der Waals surface area contributed by atoms with E-state index in [1.54, 1.807) is 12.3 Å². The van der Waals surface area contributed by atoms with Crippen LogP contribution in [0.3, 0.4) is 0 Å². The van der Waals surface area contributed by atoms with Gasteiger partial charge in [-0.1, -0.05) is 22.9 Å². The molecule has 4 heterocycles. The molecule has 0 aromatic carbocycles. The first-order chi connectivity index (χ1) is 17.9. The van der Waals surface area contributed by atoms with Crippen LogP contribution < -0.4 is 10.1 Å². The molecule has 2 fully saturated rings. The van der Waals surface area contributed by atoms with Crippen LogP contribution in [0.4, 0.5) is 5.13 Å². The molecule has 11 heteroatoms. The van der Waals surface area contributed by atoms with Gasteiger partial charge in [0.25, 0.3) is 5.91 Å². The summed E-state index contributed by atoms with van der Waals surface area (Å²) >= 11 is 7.43. The zero-order chi connectivity index (χ0) is 25.7. The number of ether oxygens (including phenoxy) is 1. The van der Waals surface area contributed by atoms with Gasteiger partial charge in [-0.2, -0.15) is 10.2 Å². The Balaban J connectivity index is 1.27. The largest absolute Gasteiger partial charge is 0.494 e. The van der Waals surface area contributed by atoms with Gasteiger partial charge in [-0.25, -0.2) is 15.0 Å².